The number of hydrogen-bond donors (Lipinski definition) is 0. The second kappa shape index (κ2) is 22.7. The number of hydrogen-bond acceptors (Lipinski definition) is 10. The van der Waals surface area contributed by atoms with E-state index in [9.17, 15) is 28.8 Å². The van der Waals surface area contributed by atoms with Crippen molar-refractivity contribution in [2.75, 3.05) is 9.80 Å². The molecule has 12 nitrogen and oxygen atoms in total. The maximum absolute atomic E-state index is 14.5. The third kappa shape index (κ3) is 9.41. The highest BCUT2D eigenvalue weighted by Gasteiger charge is 2.40. The quantitative estimate of drug-likeness (QED) is 0.0339. The van der Waals surface area contributed by atoms with Gasteiger partial charge < -0.3 is 18.9 Å². The standard InChI is InChI=1S/C82H62N2O10/c1-43(2)51-15-9-16-52(44(3)4)75(51)83-77(85)65-25-13-23-63-69(41-39-67(73(63)65)79(83)87)91-47-27-31-49(32-28-47)93-81(89)61-37-35-59-60-36-38-62(58-22-12-20-56(72(58)60)55-19-11-21-57(61)71(55)59)82(90)94-50-33-29-48(30-34-50)92-70-42-40-68-74-64(70)24-14-26-66(74)78(86)84(80(68)88)76-53(45(5)6)17-10-18-54(76)46(7)8/h9-46H,1-8H3. The summed E-state index contributed by atoms with van der Waals surface area (Å²) < 4.78 is 25.0. The summed E-state index contributed by atoms with van der Waals surface area (Å²) in [4.78, 5) is 89.1. The topological polar surface area (TPSA) is 146 Å². The van der Waals surface area contributed by atoms with E-state index in [1.807, 2.05) is 97.1 Å². The predicted octanol–water partition coefficient (Wildman–Crippen LogP) is 20.2. The number of benzene rings is 13. The lowest BCUT2D eigenvalue weighted by Gasteiger charge is -2.32. The molecule has 460 valence electrons. The molecule has 12 heteroatoms. The van der Waals surface area contributed by atoms with Crippen LogP contribution in [0.4, 0.5) is 11.4 Å². The molecule has 0 saturated carbocycles. The number of rotatable bonds is 14. The molecule has 13 aromatic rings. The normalized spacial score (nSPS) is 13.2. The summed E-state index contributed by atoms with van der Waals surface area (Å²) in [7, 11) is 0. The van der Waals surface area contributed by atoms with Crippen LogP contribution in [-0.2, 0) is 0 Å². The molecule has 0 radical (unpaired) electrons. The number of fused-ring (bicyclic) bond motifs is 2. The van der Waals surface area contributed by atoms with Crippen LogP contribution in [0.3, 0.4) is 0 Å². The van der Waals surface area contributed by atoms with Gasteiger partial charge in [-0.2, -0.15) is 0 Å². The molecule has 2 heterocycles. The number of carbonyl (C=O) groups excluding carboxylic acids is 6. The molecule has 2 aliphatic heterocycles. The minimum absolute atomic E-state index is 0.0724. The molecule has 15 rings (SSSR count). The van der Waals surface area contributed by atoms with E-state index in [2.05, 4.69) is 55.4 Å². The lowest BCUT2D eigenvalue weighted by molar-refractivity contribution is 0.0727. The van der Waals surface area contributed by atoms with E-state index in [0.717, 1.165) is 54.6 Å². The van der Waals surface area contributed by atoms with Gasteiger partial charge in [-0.3, -0.25) is 19.2 Å². The van der Waals surface area contributed by atoms with Gasteiger partial charge in [-0.05, 0) is 186 Å². The Kier molecular flexibility index (Phi) is 14.2. The highest BCUT2D eigenvalue weighted by molar-refractivity contribution is 6.39. The lowest BCUT2D eigenvalue weighted by Crippen LogP contribution is -2.41. The van der Waals surface area contributed by atoms with Crippen LogP contribution >= 0.6 is 0 Å². The van der Waals surface area contributed by atoms with E-state index in [4.69, 9.17) is 18.9 Å². The van der Waals surface area contributed by atoms with Crippen LogP contribution < -0.4 is 28.7 Å². The fourth-order valence-corrected chi connectivity index (χ4v) is 14.1. The Morgan fingerprint density at radius 2 is 0.574 bits per heavy atom. The molecule has 2 aliphatic rings. The maximum Gasteiger partial charge on any atom is 0.344 e. The van der Waals surface area contributed by atoms with E-state index in [1.54, 1.807) is 109 Å². The minimum atomic E-state index is -0.550. The van der Waals surface area contributed by atoms with E-state index in [1.165, 1.54) is 9.80 Å². The highest BCUT2D eigenvalue weighted by Crippen LogP contribution is 2.47. The summed E-state index contributed by atoms with van der Waals surface area (Å²) >= 11 is 0. The van der Waals surface area contributed by atoms with Gasteiger partial charge in [0.2, 0.25) is 0 Å². The van der Waals surface area contributed by atoms with Gasteiger partial charge in [-0.1, -0.05) is 165 Å². The second-order valence-corrected chi connectivity index (χ2v) is 25.5. The molecule has 0 spiro atoms. The van der Waals surface area contributed by atoms with Crippen LogP contribution in [-0.4, -0.2) is 35.6 Å². The van der Waals surface area contributed by atoms with Crippen molar-refractivity contribution in [1.82, 2.24) is 0 Å². The third-order valence-electron chi connectivity index (χ3n) is 18.5. The van der Waals surface area contributed by atoms with Crippen molar-refractivity contribution in [3.8, 4) is 34.5 Å². The van der Waals surface area contributed by atoms with Crippen molar-refractivity contribution in [3.63, 3.8) is 0 Å². The van der Waals surface area contributed by atoms with Crippen molar-refractivity contribution in [1.29, 1.82) is 0 Å². The fourth-order valence-electron chi connectivity index (χ4n) is 14.1. The average molecular weight is 1240 g/mol. The molecule has 0 saturated heterocycles. The number of para-hydroxylation sites is 2. The van der Waals surface area contributed by atoms with Crippen LogP contribution in [0, 0.1) is 0 Å². The maximum atomic E-state index is 14.5. The number of imide groups is 2. The lowest BCUT2D eigenvalue weighted by atomic mass is 9.87. The van der Waals surface area contributed by atoms with Crippen LogP contribution in [0.1, 0.15) is 163 Å². The number of carbonyl (C=O) groups is 6. The van der Waals surface area contributed by atoms with Gasteiger partial charge in [-0.15, -0.1) is 0 Å². The minimum Gasteiger partial charge on any atom is -0.457 e. The molecule has 0 atom stereocenters. The Balaban J connectivity index is 0.652. The van der Waals surface area contributed by atoms with Gasteiger partial charge in [0.25, 0.3) is 23.6 Å². The molecule has 0 unspecified atom stereocenters. The van der Waals surface area contributed by atoms with Crippen LogP contribution in [0.2, 0.25) is 0 Å². The highest BCUT2D eigenvalue weighted by atomic mass is 16.5. The number of esters is 2. The zero-order valence-corrected chi connectivity index (χ0v) is 52.9. The summed E-state index contributed by atoms with van der Waals surface area (Å²) in [5.41, 5.74) is 7.41. The molecule has 0 fully saturated rings. The zero-order chi connectivity index (χ0) is 65.1. The van der Waals surface area contributed by atoms with Gasteiger partial charge in [0.1, 0.15) is 34.5 Å². The fraction of sp³-hybridized carbons (Fsp3) is 0.146. The SMILES string of the molecule is CC(C)c1cccc(C(C)C)c1N1C(=O)c2cccc3c(Oc4ccc(OC(=O)c5ccc6c7ccc(C(=O)Oc8ccc(Oc9ccc%10c%11c(cccc9%11)C(=O)N(c9c(C(C)C)cccc9C(C)C)C%10=O)cc8)c8cccc(c9cccc5c96)c87)cc4)ccc(c23)C1=O. The van der Waals surface area contributed by atoms with Crippen molar-refractivity contribution in [2.24, 2.45) is 0 Å². The van der Waals surface area contributed by atoms with Gasteiger partial charge >= 0.3 is 11.9 Å². The summed E-state index contributed by atoms with van der Waals surface area (Å²) in [6.07, 6.45) is 0. The molecule has 0 aliphatic carbocycles. The number of amides is 4. The molecule has 13 aromatic carbocycles. The van der Waals surface area contributed by atoms with Crippen molar-refractivity contribution in [2.45, 2.75) is 79.1 Å². The monoisotopic (exact) mass is 1230 g/mol. The molecular formula is C82H62N2O10. The number of ether oxygens (including phenoxy) is 4. The Bertz CT molecular complexity index is 4960. The van der Waals surface area contributed by atoms with Gasteiger partial charge in [0.15, 0.2) is 0 Å². The first-order valence-electron chi connectivity index (χ1n) is 31.7. The van der Waals surface area contributed by atoms with E-state index >= 15 is 0 Å². The van der Waals surface area contributed by atoms with Crippen molar-refractivity contribution in [3.05, 3.63) is 262 Å². The largest absolute Gasteiger partial charge is 0.457 e. The third-order valence-corrected chi connectivity index (χ3v) is 18.5. The first kappa shape index (κ1) is 58.8. The van der Waals surface area contributed by atoms with Crippen molar-refractivity contribution < 1.29 is 47.7 Å². The van der Waals surface area contributed by atoms with E-state index < -0.39 is 11.9 Å². The van der Waals surface area contributed by atoms with E-state index in [0.29, 0.717) is 112 Å². The predicted molar refractivity (Wildman–Crippen MR) is 370 cm³/mol. The van der Waals surface area contributed by atoms with Crippen LogP contribution in [0.5, 0.6) is 34.5 Å². The smallest absolute Gasteiger partial charge is 0.344 e. The van der Waals surface area contributed by atoms with Gasteiger partial charge in [0.05, 0.1) is 22.5 Å². The molecule has 0 bridgehead atoms. The molecular weight excluding hydrogens is 1170 g/mol. The molecule has 94 heavy (non-hydrogen) atoms. The summed E-state index contributed by atoms with van der Waals surface area (Å²) in [5.74, 6) is 0.0664. The number of anilines is 2. The molecule has 0 aromatic heterocycles. The van der Waals surface area contributed by atoms with Crippen LogP contribution in [0.25, 0.3) is 64.6 Å². The Labute approximate surface area is 541 Å². The Morgan fingerprint density at radius 1 is 0.287 bits per heavy atom. The van der Waals surface area contributed by atoms with E-state index in [-0.39, 0.29) is 47.3 Å². The van der Waals surface area contributed by atoms with Gasteiger partial charge in [-0.25, -0.2) is 19.4 Å². The zero-order valence-electron chi connectivity index (χ0n) is 52.9. The van der Waals surface area contributed by atoms with Crippen LogP contribution in [0.15, 0.2) is 206 Å². The summed E-state index contributed by atoms with van der Waals surface area (Å²) in [6, 6.07) is 62.2. The molecule has 4 amide bonds. The average Bonchev–Trinajstić information content (AvgIpc) is 0.725. The Morgan fingerprint density at radius 3 is 0.926 bits per heavy atom. The summed E-state index contributed by atoms with van der Waals surface area (Å²) in [5, 5.41) is 9.04. The second-order valence-electron chi connectivity index (χ2n) is 25.5. The van der Waals surface area contributed by atoms with Crippen molar-refractivity contribution >= 4 is 112 Å². The molecule has 0 N–H and O–H groups in total. The first-order valence-corrected chi connectivity index (χ1v) is 31.7. The first-order chi connectivity index (χ1) is 45.4. The van der Waals surface area contributed by atoms with Gasteiger partial charge in [0, 0.05) is 43.8 Å². The summed E-state index contributed by atoms with van der Waals surface area (Å²) in [6.45, 7) is 16.5. The Hall–Kier alpha value is -11.5. The number of nitrogens with zero attached hydrogens (tertiary/aromatic N) is 2.